The van der Waals surface area contributed by atoms with Crippen LogP contribution in [0.3, 0.4) is 0 Å². The lowest BCUT2D eigenvalue weighted by Crippen LogP contribution is -2.42. The highest BCUT2D eigenvalue weighted by Gasteiger charge is 2.33. The standard InChI is InChI=1S/C13H19BrN2O2S/c1-2-9-16(11-7-8-15-10-11)19(17,18)13-6-4-3-5-12(13)14/h3-6,11,15H,2,7-10H2,1H3. The van der Waals surface area contributed by atoms with E-state index in [0.717, 1.165) is 25.9 Å². The second-order valence-corrected chi connectivity index (χ2v) is 7.41. The maximum absolute atomic E-state index is 12.8. The third kappa shape index (κ3) is 3.18. The Morgan fingerprint density at radius 2 is 2.16 bits per heavy atom. The van der Waals surface area contributed by atoms with Gasteiger partial charge in [0, 0.05) is 23.6 Å². The summed E-state index contributed by atoms with van der Waals surface area (Å²) in [4.78, 5) is 0.357. The van der Waals surface area contributed by atoms with Gasteiger partial charge in [-0.2, -0.15) is 4.31 Å². The first-order valence-electron chi connectivity index (χ1n) is 6.54. The Kier molecular flexibility index (Phi) is 5.00. The van der Waals surface area contributed by atoms with Crippen molar-refractivity contribution in [3.05, 3.63) is 28.7 Å². The molecule has 4 nitrogen and oxygen atoms in total. The van der Waals surface area contributed by atoms with Gasteiger partial charge in [0.1, 0.15) is 0 Å². The van der Waals surface area contributed by atoms with Crippen molar-refractivity contribution in [2.45, 2.75) is 30.7 Å². The smallest absolute Gasteiger partial charge is 0.244 e. The lowest BCUT2D eigenvalue weighted by Gasteiger charge is -2.27. The average Bonchev–Trinajstić information content (AvgIpc) is 2.89. The molecule has 0 spiro atoms. The summed E-state index contributed by atoms with van der Waals surface area (Å²) in [5, 5.41) is 3.23. The second-order valence-electron chi connectivity index (χ2n) is 4.69. The molecule has 0 amide bonds. The first-order valence-corrected chi connectivity index (χ1v) is 8.77. The van der Waals surface area contributed by atoms with Crippen molar-refractivity contribution in [1.29, 1.82) is 0 Å². The molecule has 0 aromatic heterocycles. The number of rotatable bonds is 5. The Bertz CT molecular complexity index is 527. The highest BCUT2D eigenvalue weighted by atomic mass is 79.9. The van der Waals surface area contributed by atoms with Gasteiger partial charge in [-0.1, -0.05) is 19.1 Å². The number of sulfonamides is 1. The van der Waals surface area contributed by atoms with Crippen LogP contribution in [0.1, 0.15) is 19.8 Å². The molecular formula is C13H19BrN2O2S. The molecule has 1 N–H and O–H groups in total. The van der Waals surface area contributed by atoms with E-state index >= 15 is 0 Å². The zero-order valence-electron chi connectivity index (χ0n) is 11.0. The van der Waals surface area contributed by atoms with E-state index in [9.17, 15) is 8.42 Å². The van der Waals surface area contributed by atoms with E-state index in [4.69, 9.17) is 0 Å². The fraction of sp³-hybridized carbons (Fsp3) is 0.538. The minimum Gasteiger partial charge on any atom is -0.315 e. The Hall–Kier alpha value is -0.430. The molecule has 0 radical (unpaired) electrons. The summed E-state index contributed by atoms with van der Waals surface area (Å²) in [7, 11) is -3.43. The summed E-state index contributed by atoms with van der Waals surface area (Å²) in [6, 6.07) is 7.07. The Morgan fingerprint density at radius 3 is 2.74 bits per heavy atom. The summed E-state index contributed by atoms with van der Waals surface area (Å²) in [5.41, 5.74) is 0. The maximum atomic E-state index is 12.8. The number of nitrogens with zero attached hydrogens (tertiary/aromatic N) is 1. The molecule has 0 aliphatic carbocycles. The molecule has 1 unspecified atom stereocenters. The van der Waals surface area contributed by atoms with Gasteiger partial charge < -0.3 is 5.32 Å². The van der Waals surface area contributed by atoms with E-state index in [1.165, 1.54) is 0 Å². The highest BCUT2D eigenvalue weighted by Crippen LogP contribution is 2.27. The number of hydrogen-bond donors (Lipinski definition) is 1. The number of benzene rings is 1. The normalized spacial score (nSPS) is 20.1. The van der Waals surface area contributed by atoms with Crippen LogP contribution >= 0.6 is 15.9 Å². The Labute approximate surface area is 123 Å². The third-order valence-electron chi connectivity index (χ3n) is 3.31. The monoisotopic (exact) mass is 346 g/mol. The molecule has 106 valence electrons. The van der Waals surface area contributed by atoms with Crippen molar-refractivity contribution >= 4 is 26.0 Å². The van der Waals surface area contributed by atoms with E-state index < -0.39 is 10.0 Å². The van der Waals surface area contributed by atoms with Crippen LogP contribution < -0.4 is 5.32 Å². The number of halogens is 1. The van der Waals surface area contributed by atoms with Crippen molar-refractivity contribution in [2.75, 3.05) is 19.6 Å². The van der Waals surface area contributed by atoms with Gasteiger partial charge in [0.15, 0.2) is 0 Å². The molecule has 0 saturated carbocycles. The molecule has 19 heavy (non-hydrogen) atoms. The molecule has 1 aliphatic heterocycles. The van der Waals surface area contributed by atoms with Gasteiger partial charge in [-0.05, 0) is 47.4 Å². The number of hydrogen-bond acceptors (Lipinski definition) is 3. The predicted molar refractivity (Wildman–Crippen MR) is 79.6 cm³/mol. The van der Waals surface area contributed by atoms with Crippen molar-refractivity contribution in [2.24, 2.45) is 0 Å². The first kappa shape index (κ1) is 15.0. The van der Waals surface area contributed by atoms with E-state index in [-0.39, 0.29) is 6.04 Å². The van der Waals surface area contributed by atoms with Crippen molar-refractivity contribution in [3.63, 3.8) is 0 Å². The Morgan fingerprint density at radius 1 is 1.42 bits per heavy atom. The van der Waals surface area contributed by atoms with E-state index in [2.05, 4.69) is 21.2 Å². The average molecular weight is 347 g/mol. The maximum Gasteiger partial charge on any atom is 0.244 e. The molecular weight excluding hydrogens is 328 g/mol. The lowest BCUT2D eigenvalue weighted by molar-refractivity contribution is 0.335. The SMILES string of the molecule is CCCN(C1CCNC1)S(=O)(=O)c1ccccc1Br. The highest BCUT2D eigenvalue weighted by molar-refractivity contribution is 9.10. The quantitative estimate of drug-likeness (QED) is 0.889. The summed E-state index contributed by atoms with van der Waals surface area (Å²) < 4.78 is 27.9. The fourth-order valence-corrected chi connectivity index (χ4v) is 5.10. The van der Waals surface area contributed by atoms with Crippen molar-refractivity contribution in [1.82, 2.24) is 9.62 Å². The molecule has 1 fully saturated rings. The van der Waals surface area contributed by atoms with Gasteiger partial charge in [-0.15, -0.1) is 0 Å². The predicted octanol–water partition coefficient (Wildman–Crippen LogP) is 2.21. The topological polar surface area (TPSA) is 49.4 Å². The van der Waals surface area contributed by atoms with Gasteiger partial charge in [0.25, 0.3) is 0 Å². The van der Waals surface area contributed by atoms with E-state index in [1.54, 1.807) is 22.5 Å². The zero-order valence-corrected chi connectivity index (χ0v) is 13.4. The van der Waals surface area contributed by atoms with Gasteiger partial charge in [0.2, 0.25) is 10.0 Å². The van der Waals surface area contributed by atoms with E-state index in [1.807, 2.05) is 13.0 Å². The summed E-state index contributed by atoms with van der Waals surface area (Å²) in [6.07, 6.45) is 1.70. The van der Waals surface area contributed by atoms with Crippen molar-refractivity contribution < 1.29 is 8.42 Å². The minimum atomic E-state index is -3.43. The minimum absolute atomic E-state index is 0.0667. The van der Waals surface area contributed by atoms with Crippen LogP contribution in [0.5, 0.6) is 0 Å². The van der Waals surface area contributed by atoms with Crippen LogP contribution in [0.2, 0.25) is 0 Å². The molecule has 1 atom stereocenters. The third-order valence-corrected chi connectivity index (χ3v) is 6.27. The second kappa shape index (κ2) is 6.35. The molecule has 1 aliphatic rings. The van der Waals surface area contributed by atoms with Crippen LogP contribution in [0, 0.1) is 0 Å². The van der Waals surface area contributed by atoms with E-state index in [0.29, 0.717) is 15.9 Å². The molecule has 1 heterocycles. The molecule has 1 saturated heterocycles. The van der Waals surface area contributed by atoms with Gasteiger partial charge in [-0.3, -0.25) is 0 Å². The van der Waals surface area contributed by atoms with Crippen LogP contribution in [0.25, 0.3) is 0 Å². The van der Waals surface area contributed by atoms with Crippen LogP contribution in [0.4, 0.5) is 0 Å². The summed E-state index contributed by atoms with van der Waals surface area (Å²) >= 11 is 3.34. The molecule has 1 aromatic rings. The van der Waals surface area contributed by atoms with Crippen molar-refractivity contribution in [3.8, 4) is 0 Å². The zero-order chi connectivity index (χ0) is 13.9. The molecule has 0 bridgehead atoms. The van der Waals surface area contributed by atoms with Gasteiger partial charge in [0.05, 0.1) is 4.90 Å². The largest absolute Gasteiger partial charge is 0.315 e. The van der Waals surface area contributed by atoms with Gasteiger partial charge >= 0.3 is 0 Å². The Balaban J connectivity index is 2.36. The lowest BCUT2D eigenvalue weighted by atomic mass is 10.2. The number of nitrogens with one attached hydrogen (secondary N) is 1. The first-order chi connectivity index (χ1) is 9.07. The fourth-order valence-electron chi connectivity index (χ4n) is 2.38. The molecule has 2 rings (SSSR count). The van der Waals surface area contributed by atoms with Gasteiger partial charge in [-0.25, -0.2) is 8.42 Å². The summed E-state index contributed by atoms with van der Waals surface area (Å²) in [5.74, 6) is 0. The van der Waals surface area contributed by atoms with Crippen LogP contribution in [-0.2, 0) is 10.0 Å². The van der Waals surface area contributed by atoms with Crippen LogP contribution in [0.15, 0.2) is 33.6 Å². The molecule has 6 heteroatoms. The molecule has 1 aromatic carbocycles. The van der Waals surface area contributed by atoms with Crippen LogP contribution in [-0.4, -0.2) is 38.4 Å². The summed E-state index contributed by atoms with van der Waals surface area (Å²) in [6.45, 7) is 4.20.